The number of aromatic nitrogens is 4. The first-order valence-corrected chi connectivity index (χ1v) is 8.37. The highest BCUT2D eigenvalue weighted by atomic mass is 16.2. The van der Waals surface area contributed by atoms with Crippen LogP contribution in [0.15, 0.2) is 12.4 Å². The Balaban J connectivity index is 2.07. The van der Waals surface area contributed by atoms with Gasteiger partial charge in [-0.2, -0.15) is 5.10 Å². The Morgan fingerprint density at radius 3 is 2.54 bits per heavy atom. The molecule has 0 aromatic carbocycles. The van der Waals surface area contributed by atoms with E-state index in [4.69, 9.17) is 0 Å². The number of nitrogens with one attached hydrogen (secondary N) is 2. The summed E-state index contributed by atoms with van der Waals surface area (Å²) in [4.78, 5) is 20.8. The third kappa shape index (κ3) is 3.90. The summed E-state index contributed by atoms with van der Waals surface area (Å²) in [6, 6.07) is -0.287. The van der Waals surface area contributed by atoms with E-state index >= 15 is 0 Å². The molecule has 0 saturated carbocycles. The highest BCUT2D eigenvalue weighted by Gasteiger charge is 2.16. The lowest BCUT2D eigenvalue weighted by Crippen LogP contribution is -2.30. The van der Waals surface area contributed by atoms with Crippen LogP contribution in [0.4, 0.5) is 10.6 Å². The van der Waals surface area contributed by atoms with E-state index in [0.717, 1.165) is 35.5 Å². The monoisotopic (exact) mass is 330 g/mol. The van der Waals surface area contributed by atoms with Gasteiger partial charge in [0.1, 0.15) is 0 Å². The van der Waals surface area contributed by atoms with E-state index in [-0.39, 0.29) is 11.9 Å². The van der Waals surface area contributed by atoms with Gasteiger partial charge in [0.15, 0.2) is 5.82 Å². The lowest BCUT2D eigenvalue weighted by molar-refractivity contribution is 0.251. The number of hydrogen-bond acceptors (Lipinski definition) is 4. The molecule has 2 aromatic heterocycles. The van der Waals surface area contributed by atoms with Gasteiger partial charge < -0.3 is 5.32 Å². The minimum Gasteiger partial charge on any atom is -0.334 e. The Morgan fingerprint density at radius 1 is 1.21 bits per heavy atom. The number of hydrogen-bond donors (Lipinski definition) is 2. The predicted octanol–water partition coefficient (Wildman–Crippen LogP) is 2.78. The maximum Gasteiger partial charge on any atom is 0.320 e. The topological polar surface area (TPSA) is 84.7 Å². The van der Waals surface area contributed by atoms with Crippen molar-refractivity contribution in [1.29, 1.82) is 0 Å². The molecular formula is C17H26N6O. The van der Waals surface area contributed by atoms with Crippen LogP contribution in [0.5, 0.6) is 0 Å². The zero-order chi connectivity index (χ0) is 17.7. The predicted molar refractivity (Wildman–Crippen MR) is 93.9 cm³/mol. The van der Waals surface area contributed by atoms with Crippen molar-refractivity contribution in [2.24, 2.45) is 7.05 Å². The lowest BCUT2D eigenvalue weighted by atomic mass is 10.1. The molecule has 2 N–H and O–H groups in total. The molecule has 0 radical (unpaired) electrons. The van der Waals surface area contributed by atoms with Gasteiger partial charge in [0.25, 0.3) is 0 Å². The van der Waals surface area contributed by atoms with Crippen molar-refractivity contribution < 1.29 is 4.79 Å². The van der Waals surface area contributed by atoms with Gasteiger partial charge in [0.05, 0.1) is 11.4 Å². The van der Waals surface area contributed by atoms with Gasteiger partial charge in [-0.05, 0) is 18.8 Å². The normalized spacial score (nSPS) is 10.9. The van der Waals surface area contributed by atoms with Crippen molar-refractivity contribution in [3.05, 3.63) is 35.0 Å². The molecule has 0 unspecified atom stereocenters. The second-order valence-corrected chi connectivity index (χ2v) is 5.96. The summed E-state index contributed by atoms with van der Waals surface area (Å²) >= 11 is 0. The minimum absolute atomic E-state index is 0.186. The molecule has 0 aliphatic carbocycles. The quantitative estimate of drug-likeness (QED) is 0.853. The van der Waals surface area contributed by atoms with Crippen LogP contribution in [-0.4, -0.2) is 25.8 Å². The molecule has 2 heterocycles. The highest BCUT2D eigenvalue weighted by Crippen LogP contribution is 2.19. The highest BCUT2D eigenvalue weighted by molar-refractivity contribution is 5.88. The van der Waals surface area contributed by atoms with Gasteiger partial charge in [0.2, 0.25) is 0 Å². The summed E-state index contributed by atoms with van der Waals surface area (Å²) in [5.74, 6) is 0.688. The van der Waals surface area contributed by atoms with E-state index in [2.05, 4.69) is 39.5 Å². The van der Waals surface area contributed by atoms with E-state index in [1.807, 2.05) is 25.6 Å². The number of anilines is 1. The third-order valence-corrected chi connectivity index (χ3v) is 3.96. The number of aryl methyl sites for hydroxylation is 2. The van der Waals surface area contributed by atoms with Gasteiger partial charge in [-0.1, -0.05) is 27.7 Å². The van der Waals surface area contributed by atoms with Crippen molar-refractivity contribution in [2.45, 2.75) is 53.0 Å². The summed E-state index contributed by atoms with van der Waals surface area (Å²) in [5, 5.41) is 10.2. The average Bonchev–Trinajstić information content (AvgIpc) is 2.88. The fourth-order valence-electron chi connectivity index (χ4n) is 2.78. The van der Waals surface area contributed by atoms with Crippen LogP contribution in [0.2, 0.25) is 0 Å². The minimum atomic E-state index is -0.287. The van der Waals surface area contributed by atoms with E-state index in [1.165, 1.54) is 0 Å². The Kier molecular flexibility index (Phi) is 5.89. The number of carbonyl (C=O) groups excluding carboxylic acids is 1. The molecule has 7 heteroatoms. The molecule has 2 rings (SSSR count). The van der Waals surface area contributed by atoms with Gasteiger partial charge >= 0.3 is 6.03 Å². The first-order valence-electron chi connectivity index (χ1n) is 8.37. The SMILES string of the molecule is CCc1nn(C)c(CC)c1CNC(=O)Nc1nccnc1C(C)C. The fraction of sp³-hybridized carbons (Fsp3) is 0.529. The number of urea groups is 1. The van der Waals surface area contributed by atoms with Crippen molar-refractivity contribution in [2.75, 3.05) is 5.32 Å². The molecule has 0 bridgehead atoms. The molecule has 7 nitrogen and oxygen atoms in total. The van der Waals surface area contributed by atoms with Gasteiger partial charge in [-0.3, -0.25) is 15.0 Å². The smallest absolute Gasteiger partial charge is 0.320 e. The maximum absolute atomic E-state index is 12.2. The zero-order valence-corrected chi connectivity index (χ0v) is 15.1. The van der Waals surface area contributed by atoms with Gasteiger partial charge in [-0.25, -0.2) is 9.78 Å². The van der Waals surface area contributed by atoms with Gasteiger partial charge in [0, 0.05) is 37.2 Å². The standard InChI is InChI=1S/C17H26N6O/c1-6-13-12(14(7-2)23(5)22-13)10-20-17(24)21-16-15(11(3)4)18-8-9-19-16/h8-9,11H,6-7,10H2,1-5H3,(H2,19,20,21,24). The summed E-state index contributed by atoms with van der Waals surface area (Å²) in [6.45, 7) is 8.64. The first kappa shape index (κ1) is 17.9. The van der Waals surface area contributed by atoms with E-state index in [1.54, 1.807) is 12.4 Å². The molecule has 0 fully saturated rings. The third-order valence-electron chi connectivity index (χ3n) is 3.96. The molecular weight excluding hydrogens is 304 g/mol. The molecule has 0 spiro atoms. The molecule has 2 amide bonds. The van der Waals surface area contributed by atoms with Crippen LogP contribution >= 0.6 is 0 Å². The number of carbonyl (C=O) groups is 1. The zero-order valence-electron chi connectivity index (χ0n) is 15.1. The number of nitrogens with zero attached hydrogens (tertiary/aromatic N) is 4. The summed E-state index contributed by atoms with van der Waals surface area (Å²) in [7, 11) is 1.94. The molecule has 2 aromatic rings. The Morgan fingerprint density at radius 2 is 1.92 bits per heavy atom. The van der Waals surface area contributed by atoms with Crippen molar-refractivity contribution >= 4 is 11.8 Å². The van der Waals surface area contributed by atoms with Crippen LogP contribution in [0, 0.1) is 0 Å². The molecule has 0 atom stereocenters. The van der Waals surface area contributed by atoms with Crippen molar-refractivity contribution in [3.8, 4) is 0 Å². The summed E-state index contributed by atoms with van der Waals surface area (Å²) < 4.78 is 1.90. The number of rotatable bonds is 6. The Hall–Kier alpha value is -2.44. The van der Waals surface area contributed by atoms with Crippen LogP contribution in [0.1, 0.15) is 56.3 Å². The van der Waals surface area contributed by atoms with E-state index in [0.29, 0.717) is 12.4 Å². The van der Waals surface area contributed by atoms with E-state index in [9.17, 15) is 4.79 Å². The molecule has 0 aliphatic rings. The average molecular weight is 330 g/mol. The Bertz CT molecular complexity index is 707. The van der Waals surface area contributed by atoms with Crippen LogP contribution in [-0.2, 0) is 26.4 Å². The molecule has 24 heavy (non-hydrogen) atoms. The maximum atomic E-state index is 12.2. The van der Waals surface area contributed by atoms with Crippen LogP contribution < -0.4 is 10.6 Å². The number of amides is 2. The second-order valence-electron chi connectivity index (χ2n) is 5.96. The lowest BCUT2D eigenvalue weighted by Gasteiger charge is -2.12. The summed E-state index contributed by atoms with van der Waals surface area (Å²) in [5.41, 5.74) is 4.05. The van der Waals surface area contributed by atoms with Crippen molar-refractivity contribution in [1.82, 2.24) is 25.1 Å². The molecule has 130 valence electrons. The fourth-order valence-corrected chi connectivity index (χ4v) is 2.78. The van der Waals surface area contributed by atoms with Crippen molar-refractivity contribution in [3.63, 3.8) is 0 Å². The first-order chi connectivity index (χ1) is 11.5. The second kappa shape index (κ2) is 7.90. The van der Waals surface area contributed by atoms with Gasteiger partial charge in [-0.15, -0.1) is 0 Å². The van der Waals surface area contributed by atoms with Crippen LogP contribution in [0.3, 0.4) is 0 Å². The molecule has 0 aliphatic heterocycles. The largest absolute Gasteiger partial charge is 0.334 e. The Labute approximate surface area is 142 Å². The van der Waals surface area contributed by atoms with E-state index < -0.39 is 0 Å². The summed E-state index contributed by atoms with van der Waals surface area (Å²) in [6.07, 6.45) is 4.93. The van der Waals surface area contributed by atoms with Crippen LogP contribution in [0.25, 0.3) is 0 Å². The molecule has 0 saturated heterocycles.